The van der Waals surface area contributed by atoms with Gasteiger partial charge in [-0.3, -0.25) is 4.79 Å². The Hall–Kier alpha value is -3.08. The van der Waals surface area contributed by atoms with Crippen molar-refractivity contribution in [1.82, 2.24) is 9.46 Å². The minimum absolute atomic E-state index is 0.0642. The van der Waals surface area contributed by atoms with Gasteiger partial charge in [0.25, 0.3) is 0 Å². The molecule has 2 aromatic carbocycles. The van der Waals surface area contributed by atoms with E-state index in [0.29, 0.717) is 23.6 Å². The fourth-order valence-electron chi connectivity index (χ4n) is 4.04. The van der Waals surface area contributed by atoms with E-state index in [1.165, 1.54) is 29.4 Å². The summed E-state index contributed by atoms with van der Waals surface area (Å²) in [5.74, 6) is -2.17. The average molecular weight is 536 g/mol. The second kappa shape index (κ2) is 10.5. The van der Waals surface area contributed by atoms with Gasteiger partial charge in [0, 0.05) is 30.6 Å². The van der Waals surface area contributed by atoms with Gasteiger partial charge in [-0.05, 0) is 68.7 Å². The van der Waals surface area contributed by atoms with Crippen LogP contribution in [0.5, 0.6) is 0 Å². The number of halogens is 3. The smallest absolute Gasteiger partial charge is 0.248 e. The Balaban J connectivity index is 1.46. The molecule has 0 atom stereocenters. The molecule has 7 nitrogen and oxygen atoms in total. The van der Waals surface area contributed by atoms with Crippen LogP contribution in [-0.4, -0.2) is 36.9 Å². The molecule has 11 heteroatoms. The first-order chi connectivity index (χ1) is 17.1. The van der Waals surface area contributed by atoms with Crippen molar-refractivity contribution in [3.05, 3.63) is 75.6 Å². The largest absolute Gasteiger partial charge is 0.355 e. The fourth-order valence-corrected chi connectivity index (χ4v) is 6.05. The topological polar surface area (TPSA) is 92.5 Å². The van der Waals surface area contributed by atoms with Crippen LogP contribution in [0.25, 0.3) is 12.2 Å². The first-order valence-corrected chi connectivity index (χ1v) is 13.0. The molecule has 0 radical (unpaired) electrons. The average Bonchev–Trinajstić information content (AvgIpc) is 3.21. The van der Waals surface area contributed by atoms with Gasteiger partial charge in [-0.1, -0.05) is 22.8 Å². The molecule has 0 spiro atoms. The summed E-state index contributed by atoms with van der Waals surface area (Å²) in [7, 11) is -4.00. The lowest BCUT2D eigenvalue weighted by atomic mass is 9.97. The number of hydrogen-bond donors (Lipinski definition) is 1. The number of hydrogen-bond acceptors (Lipinski definition) is 5. The van der Waals surface area contributed by atoms with Crippen molar-refractivity contribution >= 4 is 45.4 Å². The van der Waals surface area contributed by atoms with Crippen molar-refractivity contribution < 1.29 is 26.5 Å². The van der Waals surface area contributed by atoms with Crippen molar-refractivity contribution in [3.8, 4) is 0 Å². The number of aromatic nitrogens is 1. The number of amides is 1. The summed E-state index contributed by atoms with van der Waals surface area (Å²) >= 11 is 6.20. The third-order valence-corrected chi connectivity index (χ3v) is 8.39. The van der Waals surface area contributed by atoms with E-state index < -0.39 is 21.7 Å². The van der Waals surface area contributed by atoms with Gasteiger partial charge in [-0.25, -0.2) is 17.2 Å². The highest BCUT2D eigenvalue weighted by Crippen LogP contribution is 2.30. The highest BCUT2D eigenvalue weighted by atomic mass is 35.5. The van der Waals surface area contributed by atoms with E-state index in [9.17, 15) is 22.0 Å². The van der Waals surface area contributed by atoms with Crippen LogP contribution in [0, 0.1) is 31.4 Å². The van der Waals surface area contributed by atoms with Gasteiger partial charge in [0.1, 0.15) is 17.3 Å². The molecule has 190 valence electrons. The number of carbonyl (C=O) groups excluding carboxylic acids is 1. The number of aryl methyl sites for hydroxylation is 2. The Bertz CT molecular complexity index is 1430. The summed E-state index contributed by atoms with van der Waals surface area (Å²) in [6.45, 7) is 3.65. The van der Waals surface area contributed by atoms with E-state index in [-0.39, 0.29) is 46.8 Å². The van der Waals surface area contributed by atoms with E-state index >= 15 is 0 Å². The van der Waals surface area contributed by atoms with Crippen LogP contribution in [0.2, 0.25) is 5.02 Å². The van der Waals surface area contributed by atoms with Crippen LogP contribution in [0.4, 0.5) is 14.5 Å². The van der Waals surface area contributed by atoms with Gasteiger partial charge in [0.2, 0.25) is 15.9 Å². The van der Waals surface area contributed by atoms with Gasteiger partial charge in [0.15, 0.2) is 10.7 Å². The minimum atomic E-state index is -4.00. The summed E-state index contributed by atoms with van der Waals surface area (Å²) in [5, 5.41) is 7.03. The molecule has 1 aliphatic heterocycles. The number of nitrogens with one attached hydrogen (secondary N) is 1. The molecule has 1 amide bonds. The molecule has 0 aliphatic carbocycles. The lowest BCUT2D eigenvalue weighted by Gasteiger charge is -2.30. The van der Waals surface area contributed by atoms with Gasteiger partial charge < -0.3 is 9.84 Å². The molecule has 1 aliphatic rings. The summed E-state index contributed by atoms with van der Waals surface area (Å²) in [4.78, 5) is 12.6. The van der Waals surface area contributed by atoms with E-state index in [1.807, 2.05) is 13.0 Å². The monoisotopic (exact) mass is 535 g/mol. The number of carbonyl (C=O) groups is 1. The predicted octanol–water partition coefficient (Wildman–Crippen LogP) is 5.43. The SMILES string of the molecule is Cc1ccc(NC(=O)C2CCN(S(=O)(=O)c3c(C)noc3C=Cc3ccc(F)cc3F)CC2)c(Cl)c1. The zero-order valence-corrected chi connectivity index (χ0v) is 21.2. The molecular formula is C25H24ClF2N3O4S. The van der Waals surface area contributed by atoms with E-state index in [1.54, 1.807) is 12.1 Å². The van der Waals surface area contributed by atoms with Crippen molar-refractivity contribution in [2.75, 3.05) is 18.4 Å². The summed E-state index contributed by atoms with van der Waals surface area (Å²) < 4.78 is 60.4. The Morgan fingerprint density at radius 3 is 2.53 bits per heavy atom. The van der Waals surface area contributed by atoms with Crippen LogP contribution in [0.15, 0.2) is 45.8 Å². The van der Waals surface area contributed by atoms with Crippen LogP contribution in [0.3, 0.4) is 0 Å². The number of nitrogens with zero attached hydrogens (tertiary/aromatic N) is 2. The zero-order valence-electron chi connectivity index (χ0n) is 19.6. The highest BCUT2D eigenvalue weighted by Gasteiger charge is 2.36. The third kappa shape index (κ3) is 5.50. The zero-order chi connectivity index (χ0) is 26.0. The molecule has 4 rings (SSSR count). The Morgan fingerprint density at radius 2 is 1.86 bits per heavy atom. The molecule has 1 fully saturated rings. The lowest BCUT2D eigenvalue weighted by molar-refractivity contribution is -0.120. The van der Waals surface area contributed by atoms with E-state index in [0.717, 1.165) is 17.7 Å². The number of benzene rings is 2. The maximum absolute atomic E-state index is 14.0. The van der Waals surface area contributed by atoms with Gasteiger partial charge in [0.05, 0.1) is 10.7 Å². The van der Waals surface area contributed by atoms with Crippen molar-refractivity contribution in [1.29, 1.82) is 0 Å². The quantitative estimate of drug-likeness (QED) is 0.454. The molecule has 1 N–H and O–H groups in total. The van der Waals surface area contributed by atoms with E-state index in [2.05, 4.69) is 10.5 Å². The lowest BCUT2D eigenvalue weighted by Crippen LogP contribution is -2.41. The number of sulfonamides is 1. The molecule has 3 aromatic rings. The van der Waals surface area contributed by atoms with Crippen molar-refractivity contribution in [2.45, 2.75) is 31.6 Å². The van der Waals surface area contributed by atoms with Crippen LogP contribution < -0.4 is 5.32 Å². The molecule has 1 aromatic heterocycles. The van der Waals surface area contributed by atoms with Crippen LogP contribution in [0.1, 0.15) is 35.4 Å². The Labute approximate surface area is 212 Å². The maximum atomic E-state index is 14.0. The Morgan fingerprint density at radius 1 is 1.14 bits per heavy atom. The first-order valence-electron chi connectivity index (χ1n) is 11.2. The van der Waals surface area contributed by atoms with Crippen LogP contribution in [-0.2, 0) is 14.8 Å². The second-order valence-corrected chi connectivity index (χ2v) is 10.9. The standard InChI is InChI=1S/C25H24ClF2N3O4S/c1-15-3-7-22(20(26)13-15)29-25(32)18-9-11-31(12-10-18)36(33,34)24-16(2)30-35-23(24)8-5-17-4-6-19(27)14-21(17)28/h3-8,13-14,18H,9-12H2,1-2H3,(H,29,32). The van der Waals surface area contributed by atoms with Crippen LogP contribution >= 0.6 is 11.6 Å². The van der Waals surface area contributed by atoms with Gasteiger partial charge >= 0.3 is 0 Å². The molecule has 1 saturated heterocycles. The summed E-state index contributed by atoms with van der Waals surface area (Å²) in [6.07, 6.45) is 3.23. The normalized spacial score (nSPS) is 15.5. The molecule has 0 unspecified atom stereocenters. The number of piperidine rings is 1. The molecule has 0 saturated carbocycles. The highest BCUT2D eigenvalue weighted by molar-refractivity contribution is 7.89. The maximum Gasteiger partial charge on any atom is 0.248 e. The first kappa shape index (κ1) is 26.0. The third-order valence-electron chi connectivity index (χ3n) is 6.02. The van der Waals surface area contributed by atoms with Gasteiger partial charge in [-0.2, -0.15) is 4.31 Å². The molecule has 0 bridgehead atoms. The number of rotatable bonds is 6. The van der Waals surface area contributed by atoms with E-state index in [4.69, 9.17) is 16.1 Å². The van der Waals surface area contributed by atoms with Crippen molar-refractivity contribution in [3.63, 3.8) is 0 Å². The summed E-state index contributed by atoms with van der Waals surface area (Å²) in [5.41, 5.74) is 1.70. The van der Waals surface area contributed by atoms with Crippen molar-refractivity contribution in [2.24, 2.45) is 5.92 Å². The predicted molar refractivity (Wildman–Crippen MR) is 133 cm³/mol. The Kier molecular flexibility index (Phi) is 7.58. The summed E-state index contributed by atoms with van der Waals surface area (Å²) in [6, 6.07) is 8.39. The number of anilines is 1. The van der Waals surface area contributed by atoms with Gasteiger partial charge in [-0.15, -0.1) is 0 Å². The fraction of sp³-hybridized carbons (Fsp3) is 0.280. The molecule has 36 heavy (non-hydrogen) atoms. The molecule has 2 heterocycles. The second-order valence-electron chi connectivity index (χ2n) is 8.61. The molecular weight excluding hydrogens is 512 g/mol. The minimum Gasteiger partial charge on any atom is -0.355 e.